The second-order valence-corrected chi connectivity index (χ2v) is 12.5. The number of piperidine rings is 1. The van der Waals surface area contributed by atoms with Gasteiger partial charge in [-0.1, -0.05) is 18.0 Å². The Kier molecular flexibility index (Phi) is 9.01. The molecule has 1 aliphatic heterocycles. The van der Waals surface area contributed by atoms with Gasteiger partial charge in [-0.05, 0) is 95.9 Å². The summed E-state index contributed by atoms with van der Waals surface area (Å²) in [4.78, 5) is 6.71. The van der Waals surface area contributed by atoms with Crippen LogP contribution < -0.4 is 4.74 Å². The van der Waals surface area contributed by atoms with Crippen molar-refractivity contribution < 1.29 is 14.4 Å². The SMILES string of the molecule is CN(C)Cc1c(OC[C@@H]2CCCC[C@H]2O)ccc2c(CCC3CCN(Cc4ccc(C#N)s4)CC3)noc12. The summed E-state index contributed by atoms with van der Waals surface area (Å²) in [5.41, 5.74) is 2.91. The quantitative estimate of drug-likeness (QED) is 0.361. The molecule has 0 radical (unpaired) electrons. The number of aliphatic hydroxyl groups is 1. The van der Waals surface area contributed by atoms with Crippen LogP contribution in [0.4, 0.5) is 0 Å². The smallest absolute Gasteiger partial charge is 0.175 e. The molecule has 0 bridgehead atoms. The lowest BCUT2D eigenvalue weighted by Gasteiger charge is -2.31. The monoisotopic (exact) mass is 536 g/mol. The largest absolute Gasteiger partial charge is 0.493 e. The van der Waals surface area contributed by atoms with E-state index in [1.54, 1.807) is 11.3 Å². The Morgan fingerprint density at radius 1 is 1.16 bits per heavy atom. The lowest BCUT2D eigenvalue weighted by Crippen LogP contribution is -2.33. The van der Waals surface area contributed by atoms with Gasteiger partial charge in [-0.3, -0.25) is 4.90 Å². The van der Waals surface area contributed by atoms with Crippen molar-refractivity contribution in [3.05, 3.63) is 45.3 Å². The Morgan fingerprint density at radius 3 is 2.71 bits per heavy atom. The number of aliphatic hydroxyl groups excluding tert-OH is 1. The molecule has 3 aromatic rings. The van der Waals surface area contributed by atoms with E-state index in [2.05, 4.69) is 53.3 Å². The third kappa shape index (κ3) is 6.58. The molecule has 0 unspecified atom stereocenters. The van der Waals surface area contributed by atoms with E-state index in [1.165, 1.54) is 17.7 Å². The highest BCUT2D eigenvalue weighted by Gasteiger charge is 2.25. The van der Waals surface area contributed by atoms with Gasteiger partial charge < -0.3 is 19.3 Å². The first-order valence-corrected chi connectivity index (χ1v) is 14.9. The maximum absolute atomic E-state index is 10.4. The Bertz CT molecular complexity index is 1240. The van der Waals surface area contributed by atoms with Crippen LogP contribution in [-0.4, -0.2) is 60.0 Å². The summed E-state index contributed by atoms with van der Waals surface area (Å²) in [5, 5.41) is 25.0. The highest BCUT2D eigenvalue weighted by Crippen LogP contribution is 2.34. The molecule has 3 heterocycles. The summed E-state index contributed by atoms with van der Waals surface area (Å²) in [7, 11) is 4.11. The topological polar surface area (TPSA) is 85.8 Å². The summed E-state index contributed by atoms with van der Waals surface area (Å²) in [6, 6.07) is 10.4. The number of likely N-dealkylation sites (tertiary alicyclic amines) is 1. The van der Waals surface area contributed by atoms with Crippen LogP contribution in [0.5, 0.6) is 5.75 Å². The molecule has 2 fully saturated rings. The molecule has 0 spiro atoms. The predicted molar refractivity (Wildman–Crippen MR) is 150 cm³/mol. The van der Waals surface area contributed by atoms with E-state index >= 15 is 0 Å². The Hall–Kier alpha value is -2.44. The summed E-state index contributed by atoms with van der Waals surface area (Å²) in [5.74, 6) is 1.73. The zero-order valence-corrected chi connectivity index (χ0v) is 23.5. The van der Waals surface area contributed by atoms with E-state index in [0.717, 1.165) is 91.0 Å². The standard InChI is InChI=1S/C30H40N4O3S/c1-33(2)19-26-29(36-20-22-5-3-4-6-28(22)35)12-10-25-27(32-37-30(25)26)11-7-21-13-15-34(16-14-21)18-24-9-8-23(17-31)38-24/h8-10,12,21-22,28,35H,3-7,11,13-16,18-20H2,1-2H3/t22-,28+/m0/s1. The molecule has 204 valence electrons. The van der Waals surface area contributed by atoms with E-state index in [1.807, 2.05) is 6.07 Å². The first kappa shape index (κ1) is 27.1. The van der Waals surface area contributed by atoms with Crippen molar-refractivity contribution >= 4 is 22.3 Å². The van der Waals surface area contributed by atoms with Crippen LogP contribution in [0, 0.1) is 23.2 Å². The van der Waals surface area contributed by atoms with Crippen molar-refractivity contribution in [1.82, 2.24) is 15.0 Å². The lowest BCUT2D eigenvalue weighted by molar-refractivity contribution is 0.0419. The van der Waals surface area contributed by atoms with E-state index < -0.39 is 0 Å². The van der Waals surface area contributed by atoms with Gasteiger partial charge >= 0.3 is 0 Å². The van der Waals surface area contributed by atoms with Crippen molar-refractivity contribution in [3.63, 3.8) is 0 Å². The summed E-state index contributed by atoms with van der Waals surface area (Å²) >= 11 is 1.61. The summed E-state index contributed by atoms with van der Waals surface area (Å²) in [6.45, 7) is 4.42. The van der Waals surface area contributed by atoms with Crippen LogP contribution >= 0.6 is 11.3 Å². The van der Waals surface area contributed by atoms with Crippen LogP contribution in [0.25, 0.3) is 11.0 Å². The van der Waals surface area contributed by atoms with Gasteiger partial charge in [-0.15, -0.1) is 11.3 Å². The number of rotatable bonds is 10. The van der Waals surface area contributed by atoms with E-state index in [9.17, 15) is 5.11 Å². The molecule has 1 saturated carbocycles. The van der Waals surface area contributed by atoms with Gasteiger partial charge in [0, 0.05) is 29.3 Å². The third-order valence-corrected chi connectivity index (χ3v) is 9.19. The Balaban J connectivity index is 1.19. The number of hydrogen-bond donors (Lipinski definition) is 1. The molecule has 7 nitrogen and oxygen atoms in total. The van der Waals surface area contributed by atoms with Crippen LogP contribution in [-0.2, 0) is 19.5 Å². The van der Waals surface area contributed by atoms with E-state index in [4.69, 9.17) is 14.5 Å². The molecule has 1 saturated heterocycles. The molecule has 0 amide bonds. The minimum absolute atomic E-state index is 0.198. The molecular weight excluding hydrogens is 496 g/mol. The van der Waals surface area contributed by atoms with Gasteiger partial charge in [-0.2, -0.15) is 5.26 Å². The number of aryl methyl sites for hydroxylation is 1. The molecule has 1 N–H and O–H groups in total. The van der Waals surface area contributed by atoms with Crippen LogP contribution in [0.2, 0.25) is 0 Å². The van der Waals surface area contributed by atoms with Gasteiger partial charge in [0.15, 0.2) is 5.58 Å². The maximum Gasteiger partial charge on any atom is 0.175 e. The fraction of sp³-hybridized carbons (Fsp3) is 0.600. The van der Waals surface area contributed by atoms with Gasteiger partial charge in [0.05, 0.1) is 24.0 Å². The van der Waals surface area contributed by atoms with Gasteiger partial charge in [0.1, 0.15) is 16.7 Å². The van der Waals surface area contributed by atoms with Crippen molar-refractivity contribution in [3.8, 4) is 11.8 Å². The second-order valence-electron chi connectivity index (χ2n) is 11.3. The molecule has 2 atom stereocenters. The zero-order valence-electron chi connectivity index (χ0n) is 22.7. The molecule has 38 heavy (non-hydrogen) atoms. The van der Waals surface area contributed by atoms with E-state index in [0.29, 0.717) is 19.1 Å². The molecule has 1 aromatic carbocycles. The lowest BCUT2D eigenvalue weighted by atomic mass is 9.87. The van der Waals surface area contributed by atoms with Crippen LogP contribution in [0.3, 0.4) is 0 Å². The minimum Gasteiger partial charge on any atom is -0.493 e. The number of ether oxygens (including phenoxy) is 1. The van der Waals surface area contributed by atoms with Gasteiger partial charge in [0.2, 0.25) is 0 Å². The van der Waals surface area contributed by atoms with E-state index in [-0.39, 0.29) is 12.0 Å². The Labute approximate surface area is 230 Å². The average Bonchev–Trinajstić information content (AvgIpc) is 3.55. The molecule has 8 heteroatoms. The van der Waals surface area contributed by atoms with Crippen LogP contribution in [0.1, 0.15) is 66.0 Å². The number of fused-ring (bicyclic) bond motifs is 1. The van der Waals surface area contributed by atoms with Crippen LogP contribution in [0.15, 0.2) is 28.8 Å². The highest BCUT2D eigenvalue weighted by molar-refractivity contribution is 7.12. The number of nitriles is 1. The highest BCUT2D eigenvalue weighted by atomic mass is 32.1. The van der Waals surface area contributed by atoms with Crippen molar-refractivity contribution in [2.45, 2.75) is 70.6 Å². The van der Waals surface area contributed by atoms with Crippen molar-refractivity contribution in [2.24, 2.45) is 11.8 Å². The fourth-order valence-corrected chi connectivity index (χ4v) is 6.82. The minimum atomic E-state index is -0.263. The molecule has 1 aliphatic carbocycles. The first-order valence-electron chi connectivity index (χ1n) is 14.1. The number of benzene rings is 1. The average molecular weight is 537 g/mol. The molecular formula is C30H40N4O3S. The second kappa shape index (κ2) is 12.6. The van der Waals surface area contributed by atoms with Crippen molar-refractivity contribution in [2.75, 3.05) is 33.8 Å². The number of hydrogen-bond acceptors (Lipinski definition) is 8. The normalized spacial score (nSPS) is 21.2. The Morgan fingerprint density at radius 2 is 1.97 bits per heavy atom. The number of aromatic nitrogens is 1. The van der Waals surface area contributed by atoms with Gasteiger partial charge in [0.25, 0.3) is 0 Å². The maximum atomic E-state index is 10.4. The third-order valence-electron chi connectivity index (χ3n) is 8.22. The predicted octanol–water partition coefficient (Wildman–Crippen LogP) is 5.60. The van der Waals surface area contributed by atoms with Crippen molar-refractivity contribution in [1.29, 1.82) is 5.26 Å². The first-order chi connectivity index (χ1) is 18.5. The molecule has 5 rings (SSSR count). The zero-order chi connectivity index (χ0) is 26.5. The molecule has 2 aliphatic rings. The fourth-order valence-electron chi connectivity index (χ4n) is 5.97. The van der Waals surface area contributed by atoms with Gasteiger partial charge in [-0.25, -0.2) is 0 Å². The summed E-state index contributed by atoms with van der Waals surface area (Å²) < 4.78 is 12.2. The summed E-state index contributed by atoms with van der Waals surface area (Å²) in [6.07, 6.45) is 8.34. The number of thiophene rings is 1. The number of nitrogens with zero attached hydrogens (tertiary/aromatic N) is 4. The molecule has 2 aromatic heterocycles.